The Morgan fingerprint density at radius 1 is 1.31 bits per heavy atom. The first kappa shape index (κ1) is 10.1. The second-order valence-electron chi connectivity index (χ2n) is 2.76. The smallest absolute Gasteiger partial charge is 0.263 e. The Morgan fingerprint density at radius 2 is 1.92 bits per heavy atom. The Balaban J connectivity index is 3.11. The molecule has 0 bridgehead atoms. The molecule has 0 unspecified atom stereocenters. The summed E-state index contributed by atoms with van der Waals surface area (Å²) in [7, 11) is 0. The van der Waals surface area contributed by atoms with E-state index in [0.29, 0.717) is 0 Å². The van der Waals surface area contributed by atoms with Crippen molar-refractivity contribution in [3.63, 3.8) is 0 Å². The lowest BCUT2D eigenvalue weighted by Gasteiger charge is -2.08. The van der Waals surface area contributed by atoms with Gasteiger partial charge in [-0.05, 0) is 19.1 Å². The van der Waals surface area contributed by atoms with E-state index in [1.807, 2.05) is 0 Å². The highest BCUT2D eigenvalue weighted by atomic mass is 19.3. The van der Waals surface area contributed by atoms with E-state index >= 15 is 0 Å². The molecule has 0 saturated heterocycles. The molecule has 1 aromatic carbocycles. The molecule has 0 spiro atoms. The van der Waals surface area contributed by atoms with Gasteiger partial charge >= 0.3 is 0 Å². The first-order valence-corrected chi connectivity index (χ1v) is 3.78. The lowest BCUT2D eigenvalue weighted by molar-refractivity contribution is 0.150. The Morgan fingerprint density at radius 3 is 2.38 bits per heavy atom. The minimum absolute atomic E-state index is 0.0993. The standard InChI is InChI=1S/C9H9F3O/c1-5(13)7-4-6(9(11)12)2-3-8(7)10/h2-5,9,13H,1H3/t5-/m1/s1. The van der Waals surface area contributed by atoms with Crippen molar-refractivity contribution in [2.24, 2.45) is 0 Å². The Labute approximate surface area is 73.8 Å². The predicted octanol–water partition coefficient (Wildman–Crippen LogP) is 2.82. The molecule has 72 valence electrons. The molecule has 0 fully saturated rings. The largest absolute Gasteiger partial charge is 0.389 e. The van der Waals surface area contributed by atoms with Gasteiger partial charge in [-0.3, -0.25) is 0 Å². The van der Waals surface area contributed by atoms with Crippen LogP contribution in [0.4, 0.5) is 13.2 Å². The molecule has 1 N–H and O–H groups in total. The Bertz CT molecular complexity index is 297. The summed E-state index contributed by atoms with van der Waals surface area (Å²) in [5, 5.41) is 9.03. The molecule has 0 aliphatic heterocycles. The lowest BCUT2D eigenvalue weighted by atomic mass is 10.1. The van der Waals surface area contributed by atoms with Crippen LogP contribution in [0.1, 0.15) is 30.6 Å². The average molecular weight is 190 g/mol. The van der Waals surface area contributed by atoms with Gasteiger partial charge in [0.15, 0.2) is 0 Å². The lowest BCUT2D eigenvalue weighted by Crippen LogP contribution is -1.97. The molecule has 13 heavy (non-hydrogen) atoms. The number of benzene rings is 1. The van der Waals surface area contributed by atoms with Crippen LogP contribution in [0.2, 0.25) is 0 Å². The second-order valence-corrected chi connectivity index (χ2v) is 2.76. The number of hydrogen-bond acceptors (Lipinski definition) is 1. The van der Waals surface area contributed by atoms with Gasteiger partial charge < -0.3 is 5.11 Å². The van der Waals surface area contributed by atoms with Crippen LogP contribution in [0.15, 0.2) is 18.2 Å². The molecule has 0 amide bonds. The summed E-state index contributed by atoms with van der Waals surface area (Å²) >= 11 is 0. The molecule has 0 saturated carbocycles. The Hall–Kier alpha value is -1.03. The van der Waals surface area contributed by atoms with Gasteiger partial charge in [0.2, 0.25) is 0 Å². The van der Waals surface area contributed by atoms with Crippen LogP contribution in [-0.2, 0) is 0 Å². The molecule has 1 nitrogen and oxygen atoms in total. The summed E-state index contributed by atoms with van der Waals surface area (Å²) < 4.78 is 37.2. The van der Waals surface area contributed by atoms with Crippen molar-refractivity contribution in [3.8, 4) is 0 Å². The minimum atomic E-state index is -2.64. The van der Waals surface area contributed by atoms with Crippen molar-refractivity contribution in [1.29, 1.82) is 0 Å². The van der Waals surface area contributed by atoms with E-state index in [4.69, 9.17) is 5.11 Å². The monoisotopic (exact) mass is 190 g/mol. The summed E-state index contributed by atoms with van der Waals surface area (Å²) in [5.74, 6) is -0.667. The van der Waals surface area contributed by atoms with Crippen LogP contribution in [0.25, 0.3) is 0 Å². The zero-order valence-corrected chi connectivity index (χ0v) is 6.97. The molecule has 0 aliphatic carbocycles. The topological polar surface area (TPSA) is 20.2 Å². The summed E-state index contributed by atoms with van der Waals surface area (Å²) in [6.45, 7) is 1.33. The number of alkyl halides is 2. The SMILES string of the molecule is C[C@@H](O)c1cc(C(F)F)ccc1F. The average Bonchev–Trinajstić information content (AvgIpc) is 2.04. The van der Waals surface area contributed by atoms with Crippen molar-refractivity contribution in [1.82, 2.24) is 0 Å². The number of aliphatic hydroxyl groups is 1. The second kappa shape index (κ2) is 3.79. The van der Waals surface area contributed by atoms with Crippen molar-refractivity contribution >= 4 is 0 Å². The van der Waals surface area contributed by atoms with Gasteiger partial charge in [0.05, 0.1) is 6.10 Å². The van der Waals surface area contributed by atoms with E-state index in [0.717, 1.165) is 18.2 Å². The van der Waals surface area contributed by atoms with Crippen molar-refractivity contribution in [3.05, 3.63) is 35.1 Å². The molecule has 0 radical (unpaired) electrons. The number of aliphatic hydroxyl groups excluding tert-OH is 1. The van der Waals surface area contributed by atoms with Gasteiger partial charge in [0.25, 0.3) is 6.43 Å². The molecule has 0 aliphatic rings. The van der Waals surface area contributed by atoms with Crippen LogP contribution in [0.5, 0.6) is 0 Å². The van der Waals surface area contributed by atoms with E-state index in [1.165, 1.54) is 6.92 Å². The fraction of sp³-hybridized carbons (Fsp3) is 0.333. The van der Waals surface area contributed by atoms with Crippen LogP contribution >= 0.6 is 0 Å². The number of halogens is 3. The van der Waals surface area contributed by atoms with Gasteiger partial charge in [0.1, 0.15) is 5.82 Å². The minimum Gasteiger partial charge on any atom is -0.389 e. The van der Waals surface area contributed by atoms with Crippen molar-refractivity contribution in [2.75, 3.05) is 0 Å². The molecule has 1 aromatic rings. The van der Waals surface area contributed by atoms with Crippen LogP contribution in [-0.4, -0.2) is 5.11 Å². The first-order chi connectivity index (χ1) is 6.02. The Kier molecular flexibility index (Phi) is 2.93. The molecule has 1 rings (SSSR count). The molecule has 0 aromatic heterocycles. The van der Waals surface area contributed by atoms with E-state index in [1.54, 1.807) is 0 Å². The fourth-order valence-corrected chi connectivity index (χ4v) is 1.02. The maximum atomic E-state index is 12.9. The van der Waals surface area contributed by atoms with Gasteiger partial charge in [-0.1, -0.05) is 6.07 Å². The van der Waals surface area contributed by atoms with Crippen molar-refractivity contribution < 1.29 is 18.3 Å². The maximum Gasteiger partial charge on any atom is 0.263 e. The van der Waals surface area contributed by atoms with E-state index < -0.39 is 18.3 Å². The van der Waals surface area contributed by atoms with E-state index in [-0.39, 0.29) is 11.1 Å². The molecule has 4 heteroatoms. The molecule has 0 heterocycles. The highest BCUT2D eigenvalue weighted by molar-refractivity contribution is 5.27. The summed E-state index contributed by atoms with van der Waals surface area (Å²) in [4.78, 5) is 0. The van der Waals surface area contributed by atoms with Gasteiger partial charge in [0, 0.05) is 11.1 Å². The van der Waals surface area contributed by atoms with Gasteiger partial charge in [-0.15, -0.1) is 0 Å². The quantitative estimate of drug-likeness (QED) is 0.760. The number of rotatable bonds is 2. The van der Waals surface area contributed by atoms with E-state index in [2.05, 4.69) is 0 Å². The first-order valence-electron chi connectivity index (χ1n) is 3.78. The summed E-state index contributed by atoms with van der Waals surface area (Å²) in [5.41, 5.74) is -0.380. The third kappa shape index (κ3) is 2.21. The van der Waals surface area contributed by atoms with E-state index in [9.17, 15) is 13.2 Å². The summed E-state index contributed by atoms with van der Waals surface area (Å²) in [6.07, 6.45) is -3.71. The summed E-state index contributed by atoms with van der Waals surface area (Å²) in [6, 6.07) is 2.92. The number of hydrogen-bond donors (Lipinski definition) is 1. The zero-order chi connectivity index (χ0) is 10.0. The van der Waals surface area contributed by atoms with Gasteiger partial charge in [-0.25, -0.2) is 13.2 Å². The maximum absolute atomic E-state index is 12.9. The molecular weight excluding hydrogens is 181 g/mol. The molecule has 1 atom stereocenters. The fourth-order valence-electron chi connectivity index (χ4n) is 1.02. The normalized spacial score (nSPS) is 13.4. The predicted molar refractivity (Wildman–Crippen MR) is 42.0 cm³/mol. The third-order valence-electron chi connectivity index (χ3n) is 1.72. The zero-order valence-electron chi connectivity index (χ0n) is 6.97. The van der Waals surface area contributed by atoms with Gasteiger partial charge in [-0.2, -0.15) is 0 Å². The molecular formula is C9H9F3O. The highest BCUT2D eigenvalue weighted by Gasteiger charge is 2.13. The van der Waals surface area contributed by atoms with Crippen molar-refractivity contribution in [2.45, 2.75) is 19.5 Å². The van der Waals surface area contributed by atoms with Crippen LogP contribution < -0.4 is 0 Å². The third-order valence-corrected chi connectivity index (χ3v) is 1.72. The highest BCUT2D eigenvalue weighted by Crippen LogP contribution is 2.24. The van der Waals surface area contributed by atoms with Crippen LogP contribution in [0.3, 0.4) is 0 Å². The van der Waals surface area contributed by atoms with Crippen LogP contribution in [0, 0.1) is 5.82 Å².